The van der Waals surface area contributed by atoms with Crippen LogP contribution in [0.1, 0.15) is 32.3 Å². The molecule has 1 aromatic rings. The Morgan fingerprint density at radius 3 is 2.68 bits per heavy atom. The first-order valence-electron chi connectivity index (χ1n) is 9.17. The van der Waals surface area contributed by atoms with Crippen molar-refractivity contribution in [2.24, 2.45) is 11.1 Å². The number of aryl methyl sites for hydroxylation is 1. The van der Waals surface area contributed by atoms with Crippen LogP contribution in [0.25, 0.3) is 0 Å². The molecule has 0 saturated carbocycles. The summed E-state index contributed by atoms with van der Waals surface area (Å²) in [4.78, 5) is 20.3. The fourth-order valence-electron chi connectivity index (χ4n) is 3.38. The number of morpholine rings is 1. The Morgan fingerprint density at radius 1 is 1.32 bits per heavy atom. The Kier molecular flexibility index (Phi) is 5.83. The van der Waals surface area contributed by atoms with Gasteiger partial charge in [-0.1, -0.05) is 13.8 Å². The highest BCUT2D eigenvalue weighted by molar-refractivity contribution is 5.70. The van der Waals surface area contributed by atoms with E-state index < -0.39 is 6.17 Å². The van der Waals surface area contributed by atoms with Gasteiger partial charge in [0.1, 0.15) is 12.0 Å². The molecule has 0 spiro atoms. The number of hydrogen-bond acceptors (Lipinski definition) is 6. The number of nitrogens with zero attached hydrogens (tertiary/aromatic N) is 4. The molecule has 2 aliphatic rings. The summed E-state index contributed by atoms with van der Waals surface area (Å²) in [5.41, 5.74) is 1.30. The third kappa shape index (κ3) is 4.26. The van der Waals surface area contributed by atoms with Crippen LogP contribution in [0.2, 0.25) is 0 Å². The molecular formula is C18H27FN4O2. The monoisotopic (exact) mass is 350 g/mol. The van der Waals surface area contributed by atoms with Crippen LogP contribution in [0.5, 0.6) is 0 Å². The van der Waals surface area contributed by atoms with Gasteiger partial charge in [0.05, 0.1) is 19.8 Å². The number of alkyl halides is 1. The maximum Gasteiger partial charge on any atom is 0.161 e. The van der Waals surface area contributed by atoms with Gasteiger partial charge in [0.25, 0.3) is 0 Å². The van der Waals surface area contributed by atoms with Crippen LogP contribution < -0.4 is 9.80 Å². The zero-order valence-corrected chi connectivity index (χ0v) is 15.1. The quantitative estimate of drug-likeness (QED) is 0.736. The summed E-state index contributed by atoms with van der Waals surface area (Å²) in [6, 6.07) is 1.98. The third-order valence-corrected chi connectivity index (χ3v) is 4.89. The lowest BCUT2D eigenvalue weighted by Crippen LogP contribution is -2.37. The van der Waals surface area contributed by atoms with Crippen LogP contribution in [0.3, 0.4) is 0 Å². The van der Waals surface area contributed by atoms with E-state index in [1.165, 1.54) is 0 Å². The van der Waals surface area contributed by atoms with E-state index in [9.17, 15) is 9.30 Å². The van der Waals surface area contributed by atoms with Crippen LogP contribution in [-0.2, 0) is 11.2 Å². The molecular weight excluding hydrogens is 323 g/mol. The van der Waals surface area contributed by atoms with E-state index in [-0.39, 0.29) is 6.54 Å². The molecule has 0 N–H and O–H groups in total. The van der Waals surface area contributed by atoms with Crippen LogP contribution >= 0.6 is 0 Å². The van der Waals surface area contributed by atoms with Gasteiger partial charge in [0, 0.05) is 19.6 Å². The summed E-state index contributed by atoms with van der Waals surface area (Å²) in [5, 5.41) is 3.28. The molecule has 2 saturated heterocycles. The minimum Gasteiger partial charge on any atom is -0.378 e. The van der Waals surface area contributed by atoms with Crippen molar-refractivity contribution < 1.29 is 9.13 Å². The van der Waals surface area contributed by atoms with Crippen molar-refractivity contribution in [2.75, 3.05) is 49.2 Å². The van der Waals surface area contributed by atoms with Crippen LogP contribution in [-0.4, -0.2) is 50.5 Å². The fraction of sp³-hybridized carbons (Fsp3) is 0.722. The highest BCUT2D eigenvalue weighted by Crippen LogP contribution is 2.37. The van der Waals surface area contributed by atoms with Crippen molar-refractivity contribution in [3.63, 3.8) is 0 Å². The third-order valence-electron chi connectivity index (χ3n) is 4.89. The van der Waals surface area contributed by atoms with Gasteiger partial charge in [0.15, 0.2) is 11.5 Å². The zero-order chi connectivity index (χ0) is 17.8. The minimum absolute atomic E-state index is 0.283. The van der Waals surface area contributed by atoms with Gasteiger partial charge in [-0.2, -0.15) is 0 Å². The van der Waals surface area contributed by atoms with Crippen LogP contribution in [0, 0.1) is 10.8 Å². The predicted molar refractivity (Wildman–Crippen MR) is 97.6 cm³/mol. The Balaban J connectivity index is 1.97. The largest absolute Gasteiger partial charge is 0.378 e. The summed E-state index contributed by atoms with van der Waals surface area (Å²) in [6.45, 7) is 8.06. The van der Waals surface area contributed by atoms with Crippen molar-refractivity contribution in [1.29, 1.82) is 0 Å². The molecule has 7 heteroatoms. The lowest BCUT2D eigenvalue weighted by atomic mass is 10.0. The van der Waals surface area contributed by atoms with Gasteiger partial charge < -0.3 is 14.5 Å². The highest BCUT2D eigenvalue weighted by Gasteiger charge is 2.28. The van der Waals surface area contributed by atoms with E-state index in [0.29, 0.717) is 43.6 Å². The minimum atomic E-state index is -0.868. The molecule has 0 aliphatic carbocycles. The molecule has 0 amide bonds. The molecule has 1 unspecified atom stereocenters. The highest BCUT2D eigenvalue weighted by atomic mass is 19.1. The maximum absolute atomic E-state index is 13.7. The van der Waals surface area contributed by atoms with E-state index in [0.717, 1.165) is 37.3 Å². The lowest BCUT2D eigenvalue weighted by Gasteiger charge is -2.30. The second-order valence-corrected chi connectivity index (χ2v) is 7.27. The van der Waals surface area contributed by atoms with Crippen molar-refractivity contribution >= 4 is 17.3 Å². The molecule has 1 atom stereocenters. The smallest absolute Gasteiger partial charge is 0.161 e. The second-order valence-electron chi connectivity index (χ2n) is 7.27. The molecule has 0 aromatic carbocycles. The number of hydrogen-bond donors (Lipinski definition) is 0. The van der Waals surface area contributed by atoms with Gasteiger partial charge in [-0.3, -0.25) is 0 Å². The van der Waals surface area contributed by atoms with Gasteiger partial charge in [-0.15, -0.1) is 4.91 Å². The molecule has 25 heavy (non-hydrogen) atoms. The first kappa shape index (κ1) is 18.0. The number of anilines is 2. The summed E-state index contributed by atoms with van der Waals surface area (Å²) < 4.78 is 19.1. The number of nitroso groups, excluding NO2 is 1. The van der Waals surface area contributed by atoms with E-state index in [1.54, 1.807) is 0 Å². The van der Waals surface area contributed by atoms with Crippen LogP contribution in [0.15, 0.2) is 11.2 Å². The fourth-order valence-corrected chi connectivity index (χ4v) is 3.38. The number of ether oxygens (including phenoxy) is 1. The molecule has 138 valence electrons. The summed E-state index contributed by atoms with van der Waals surface area (Å²) in [7, 11) is 0. The van der Waals surface area contributed by atoms with Gasteiger partial charge in [0.2, 0.25) is 0 Å². The Labute approximate surface area is 148 Å². The SMILES string of the molecule is CC(C)CCc1cc(N2CCOCC2)nc(N2CCC(F)C2)c1N=O. The number of pyridine rings is 1. The molecule has 0 radical (unpaired) electrons. The summed E-state index contributed by atoms with van der Waals surface area (Å²) in [5.74, 6) is 1.91. The van der Waals surface area contributed by atoms with Crippen molar-refractivity contribution in [3.8, 4) is 0 Å². The Bertz CT molecular complexity index is 605. The second kappa shape index (κ2) is 8.08. The first-order chi connectivity index (χ1) is 12.1. The van der Waals surface area contributed by atoms with Crippen molar-refractivity contribution in [2.45, 2.75) is 39.3 Å². The molecule has 3 rings (SSSR count). The zero-order valence-electron chi connectivity index (χ0n) is 15.1. The van der Waals surface area contributed by atoms with E-state index in [1.807, 2.05) is 11.0 Å². The van der Waals surface area contributed by atoms with Crippen molar-refractivity contribution in [3.05, 3.63) is 16.5 Å². The standard InChI is InChI=1S/C18H27FN4O2/c1-13(2)3-4-14-11-16(22-7-9-25-10-8-22)20-18(17(14)21-24)23-6-5-15(19)12-23/h11,13,15H,3-10,12H2,1-2H3. The molecule has 0 bridgehead atoms. The average Bonchev–Trinajstić information content (AvgIpc) is 3.06. The Hall–Kier alpha value is -1.76. The number of halogens is 1. The topological polar surface area (TPSA) is 58.0 Å². The molecule has 1 aromatic heterocycles. The lowest BCUT2D eigenvalue weighted by molar-refractivity contribution is 0.122. The molecule has 6 nitrogen and oxygen atoms in total. The van der Waals surface area contributed by atoms with Gasteiger partial charge >= 0.3 is 0 Å². The van der Waals surface area contributed by atoms with E-state index in [4.69, 9.17) is 9.72 Å². The maximum atomic E-state index is 13.7. The molecule has 2 aliphatic heterocycles. The van der Waals surface area contributed by atoms with E-state index >= 15 is 0 Å². The first-order valence-corrected chi connectivity index (χ1v) is 9.17. The number of rotatable bonds is 6. The van der Waals surface area contributed by atoms with E-state index in [2.05, 4.69) is 23.9 Å². The predicted octanol–water partition coefficient (Wildman–Crippen LogP) is 3.45. The molecule has 2 fully saturated rings. The van der Waals surface area contributed by atoms with Gasteiger partial charge in [-0.25, -0.2) is 9.37 Å². The summed E-state index contributed by atoms with van der Waals surface area (Å²) in [6.07, 6.45) is 1.36. The molecule has 3 heterocycles. The number of aromatic nitrogens is 1. The summed E-state index contributed by atoms with van der Waals surface area (Å²) >= 11 is 0. The normalized spacial score (nSPS) is 21.2. The van der Waals surface area contributed by atoms with Crippen LogP contribution in [0.4, 0.5) is 21.7 Å². The van der Waals surface area contributed by atoms with Crippen molar-refractivity contribution in [1.82, 2.24) is 4.98 Å². The average molecular weight is 350 g/mol. The van der Waals surface area contributed by atoms with Gasteiger partial charge in [-0.05, 0) is 42.0 Å². The Morgan fingerprint density at radius 2 is 2.08 bits per heavy atom.